The largest absolute Gasteiger partial charge is 0.428 e. The van der Waals surface area contributed by atoms with Crippen LogP contribution >= 0.6 is 0 Å². The third-order valence-corrected chi connectivity index (χ3v) is 8.88. The zero-order valence-corrected chi connectivity index (χ0v) is 25.8. The number of hydrogen-bond donors (Lipinski definition) is 1. The molecule has 2 aliphatic rings. The van der Waals surface area contributed by atoms with Crippen molar-refractivity contribution in [2.75, 3.05) is 6.79 Å². The van der Waals surface area contributed by atoms with Gasteiger partial charge < -0.3 is 14.8 Å². The van der Waals surface area contributed by atoms with Crippen molar-refractivity contribution in [3.05, 3.63) is 0 Å². The molecule has 0 aliphatic heterocycles. The summed E-state index contributed by atoms with van der Waals surface area (Å²) in [5, 5.41) is 3.10. The minimum atomic E-state index is -0.477. The van der Waals surface area contributed by atoms with Gasteiger partial charge in [-0.2, -0.15) is 0 Å². The second kappa shape index (κ2) is 16.8. The minimum absolute atomic E-state index is 0.256. The summed E-state index contributed by atoms with van der Waals surface area (Å²) in [5.41, 5.74) is 0.371. The summed E-state index contributed by atoms with van der Waals surface area (Å²) >= 11 is 0. The Hall–Kier alpha value is -1.26. The molecule has 0 aromatic carbocycles. The third kappa shape index (κ3) is 13.7. The van der Waals surface area contributed by atoms with E-state index in [4.69, 9.17) is 9.47 Å². The molecule has 5 heteroatoms. The Balaban J connectivity index is 1.42. The topological polar surface area (TPSA) is 64.6 Å². The molecule has 38 heavy (non-hydrogen) atoms. The predicted molar refractivity (Wildman–Crippen MR) is 157 cm³/mol. The number of hydrogen-bond acceptors (Lipinski definition) is 4. The molecule has 0 radical (unpaired) electrons. The fraction of sp³-hybridized carbons (Fsp3) is 0.939. The summed E-state index contributed by atoms with van der Waals surface area (Å²) in [6.07, 6.45) is 25.1. The second-order valence-corrected chi connectivity index (χ2v) is 14.3. The van der Waals surface area contributed by atoms with Crippen molar-refractivity contribution in [2.24, 2.45) is 16.7 Å². The molecule has 2 fully saturated rings. The van der Waals surface area contributed by atoms with Crippen molar-refractivity contribution in [3.8, 4) is 0 Å². The molecule has 3 atom stereocenters. The number of ether oxygens (including phenoxy) is 2. The van der Waals surface area contributed by atoms with E-state index in [0.717, 1.165) is 25.7 Å². The van der Waals surface area contributed by atoms with Crippen molar-refractivity contribution in [2.45, 2.75) is 175 Å². The lowest BCUT2D eigenvalue weighted by atomic mass is 9.52. The van der Waals surface area contributed by atoms with Gasteiger partial charge in [0.25, 0.3) is 0 Å². The van der Waals surface area contributed by atoms with E-state index in [1.54, 1.807) is 0 Å². The van der Waals surface area contributed by atoms with Gasteiger partial charge in [-0.1, -0.05) is 118 Å². The van der Waals surface area contributed by atoms with Crippen LogP contribution in [-0.4, -0.2) is 24.4 Å². The first kappa shape index (κ1) is 32.9. The van der Waals surface area contributed by atoms with E-state index in [2.05, 4.69) is 39.9 Å². The number of fused-ring (bicyclic) bond motifs is 2. The van der Waals surface area contributed by atoms with Crippen LogP contribution in [0.3, 0.4) is 0 Å². The van der Waals surface area contributed by atoms with Crippen LogP contribution in [-0.2, 0) is 14.3 Å². The summed E-state index contributed by atoms with van der Waals surface area (Å²) in [6, 6.07) is 0. The van der Waals surface area contributed by atoms with Gasteiger partial charge in [0.05, 0.1) is 0 Å². The van der Waals surface area contributed by atoms with E-state index in [0.29, 0.717) is 17.8 Å². The molecule has 5 nitrogen and oxygen atoms in total. The lowest BCUT2D eigenvalue weighted by molar-refractivity contribution is -0.152. The zero-order valence-electron chi connectivity index (χ0n) is 25.8. The molecule has 0 saturated heterocycles. The summed E-state index contributed by atoms with van der Waals surface area (Å²) in [4.78, 5) is 24.4. The fourth-order valence-electron chi connectivity index (χ4n) is 8.02. The Morgan fingerprint density at radius 1 is 0.684 bits per heavy atom. The molecular formula is C33H61NO4. The number of alkyl carbamates (subject to hydrolysis) is 1. The lowest BCUT2D eigenvalue weighted by Crippen LogP contribution is -2.56. The highest BCUT2D eigenvalue weighted by Gasteiger charge is 2.50. The SMILES string of the molecule is CCCCCCCCCCCCCCCCCC(=O)OCOC(=O)NC1(C)CC2CC(C)(C)CC(C)(C2)C1. The number of carbonyl (C=O) groups excluding carboxylic acids is 2. The Morgan fingerprint density at radius 2 is 1.21 bits per heavy atom. The van der Waals surface area contributed by atoms with E-state index in [9.17, 15) is 9.59 Å². The highest BCUT2D eigenvalue weighted by atomic mass is 16.7. The Labute approximate surface area is 235 Å². The quantitative estimate of drug-likeness (QED) is 0.101. The van der Waals surface area contributed by atoms with Crippen LogP contribution in [0, 0.1) is 16.7 Å². The number of nitrogens with one attached hydrogen (secondary N) is 1. The monoisotopic (exact) mass is 535 g/mol. The van der Waals surface area contributed by atoms with Crippen LogP contribution in [0.5, 0.6) is 0 Å². The molecule has 2 saturated carbocycles. The molecule has 1 amide bonds. The van der Waals surface area contributed by atoms with Gasteiger partial charge in [-0.05, 0) is 62.2 Å². The zero-order chi connectivity index (χ0) is 27.9. The number of esters is 1. The van der Waals surface area contributed by atoms with Gasteiger partial charge in [-0.3, -0.25) is 4.79 Å². The average molecular weight is 536 g/mol. The van der Waals surface area contributed by atoms with Crippen molar-refractivity contribution in [3.63, 3.8) is 0 Å². The van der Waals surface area contributed by atoms with Gasteiger partial charge in [0.1, 0.15) is 0 Å². The molecule has 0 aromatic rings. The number of unbranched alkanes of at least 4 members (excludes halogenated alkanes) is 14. The number of rotatable bonds is 19. The Morgan fingerprint density at radius 3 is 1.74 bits per heavy atom. The van der Waals surface area contributed by atoms with Crippen molar-refractivity contribution >= 4 is 12.1 Å². The van der Waals surface area contributed by atoms with Gasteiger partial charge in [0.2, 0.25) is 6.79 Å². The second-order valence-electron chi connectivity index (χ2n) is 14.3. The molecule has 2 bridgehead atoms. The van der Waals surface area contributed by atoms with Gasteiger partial charge in [-0.25, -0.2) is 4.79 Å². The van der Waals surface area contributed by atoms with Crippen LogP contribution in [0.15, 0.2) is 0 Å². The molecular weight excluding hydrogens is 474 g/mol. The average Bonchev–Trinajstić information content (AvgIpc) is 2.78. The maximum atomic E-state index is 12.4. The Kier molecular flexibility index (Phi) is 14.5. The van der Waals surface area contributed by atoms with E-state index in [-0.39, 0.29) is 23.7 Å². The van der Waals surface area contributed by atoms with E-state index < -0.39 is 6.09 Å². The van der Waals surface area contributed by atoms with Crippen LogP contribution in [0.2, 0.25) is 0 Å². The van der Waals surface area contributed by atoms with Crippen LogP contribution in [0.1, 0.15) is 169 Å². The standard InChI is InChI=1S/C33H61NO4/c1-6-7-8-9-10-11-12-13-14-15-16-17-18-19-20-21-29(35)37-27-38-30(36)34-33(5)24-28-22-31(2,3)25-32(4,23-28)26-33/h28H,6-27H2,1-5H3,(H,34,36). The number of amides is 1. The smallest absolute Gasteiger partial charge is 0.410 e. The van der Waals surface area contributed by atoms with E-state index >= 15 is 0 Å². The Bertz CT molecular complexity index is 690. The lowest BCUT2D eigenvalue weighted by Gasteiger charge is -2.56. The highest BCUT2D eigenvalue weighted by Crippen LogP contribution is 2.57. The first-order valence-electron chi connectivity index (χ1n) is 16.2. The van der Waals surface area contributed by atoms with Crippen LogP contribution in [0.25, 0.3) is 0 Å². The molecule has 3 unspecified atom stereocenters. The molecule has 2 aliphatic carbocycles. The summed E-state index contributed by atoms with van der Waals surface area (Å²) in [6.45, 7) is 11.2. The summed E-state index contributed by atoms with van der Waals surface area (Å²) in [7, 11) is 0. The maximum Gasteiger partial charge on any atom is 0.410 e. The van der Waals surface area contributed by atoms with Crippen molar-refractivity contribution < 1.29 is 19.1 Å². The maximum absolute atomic E-state index is 12.4. The van der Waals surface area contributed by atoms with Gasteiger partial charge >= 0.3 is 12.1 Å². The number of carbonyl (C=O) groups is 2. The molecule has 222 valence electrons. The van der Waals surface area contributed by atoms with E-state index in [1.165, 1.54) is 103 Å². The van der Waals surface area contributed by atoms with Crippen LogP contribution in [0.4, 0.5) is 4.79 Å². The molecule has 0 spiro atoms. The minimum Gasteiger partial charge on any atom is -0.428 e. The first-order valence-corrected chi connectivity index (χ1v) is 16.2. The van der Waals surface area contributed by atoms with Gasteiger partial charge in [-0.15, -0.1) is 0 Å². The molecule has 1 N–H and O–H groups in total. The fourth-order valence-corrected chi connectivity index (χ4v) is 8.02. The van der Waals surface area contributed by atoms with Gasteiger partial charge in [0.15, 0.2) is 0 Å². The normalized spacial score (nSPS) is 26.1. The van der Waals surface area contributed by atoms with Crippen molar-refractivity contribution in [1.29, 1.82) is 0 Å². The first-order chi connectivity index (χ1) is 18.0. The van der Waals surface area contributed by atoms with Crippen molar-refractivity contribution in [1.82, 2.24) is 5.32 Å². The molecule has 2 rings (SSSR count). The van der Waals surface area contributed by atoms with Gasteiger partial charge in [0, 0.05) is 12.0 Å². The summed E-state index contributed by atoms with van der Waals surface area (Å²) in [5.74, 6) is 0.358. The highest BCUT2D eigenvalue weighted by molar-refractivity contribution is 5.70. The van der Waals surface area contributed by atoms with Crippen LogP contribution < -0.4 is 5.32 Å². The molecule has 0 heterocycles. The summed E-state index contributed by atoms with van der Waals surface area (Å²) < 4.78 is 10.4. The molecule has 0 aromatic heterocycles. The van der Waals surface area contributed by atoms with E-state index in [1.807, 2.05) is 0 Å². The predicted octanol–water partition coefficient (Wildman–Crippen LogP) is 9.86. The third-order valence-electron chi connectivity index (χ3n) is 8.88.